The van der Waals surface area contributed by atoms with Gasteiger partial charge in [-0.3, -0.25) is 18.9 Å². The van der Waals surface area contributed by atoms with Gasteiger partial charge in [-0.1, -0.05) is 30.5 Å². The van der Waals surface area contributed by atoms with Crippen LogP contribution in [0, 0.1) is 29.4 Å². The van der Waals surface area contributed by atoms with Gasteiger partial charge in [-0.2, -0.15) is 32.1 Å². The number of aromatic nitrogens is 5. The van der Waals surface area contributed by atoms with E-state index < -0.39 is 93.6 Å². The van der Waals surface area contributed by atoms with Crippen molar-refractivity contribution < 1.29 is 49.1 Å². The molecule has 0 spiro atoms. The lowest BCUT2D eigenvalue weighted by molar-refractivity contribution is -0.142. The van der Waals surface area contributed by atoms with Crippen LogP contribution in [-0.2, 0) is 53.4 Å². The van der Waals surface area contributed by atoms with Crippen molar-refractivity contribution in [3.63, 3.8) is 0 Å². The van der Waals surface area contributed by atoms with Gasteiger partial charge >= 0.3 is 6.18 Å². The van der Waals surface area contributed by atoms with Crippen LogP contribution in [0.5, 0.6) is 0 Å². The van der Waals surface area contributed by atoms with Crippen LogP contribution in [0.3, 0.4) is 0 Å². The van der Waals surface area contributed by atoms with Gasteiger partial charge in [-0.15, -0.1) is 0 Å². The lowest BCUT2D eigenvalue weighted by Gasteiger charge is -2.23. The smallest absolute Gasteiger partial charge is 0.376 e. The van der Waals surface area contributed by atoms with Crippen LogP contribution < -0.4 is 15.4 Å². The van der Waals surface area contributed by atoms with Crippen molar-refractivity contribution in [3.05, 3.63) is 93.0 Å². The highest BCUT2D eigenvalue weighted by atomic mass is 35.5. The predicted molar refractivity (Wildman–Crippen MR) is 202 cm³/mol. The second kappa shape index (κ2) is 15.1. The molecule has 3 aromatic heterocycles. The number of aryl methyl sites for hydroxylation is 1. The SMILES string of the molecule is C[C@@H]1Cc2c(C(F)(F)F)nn(CC(=O)N[C@@H](Cc3cc(F)cc(F)c3)c3nc(C#CC4(O)CCNC4)ccc3-c3ccc(Cl)c4c(NS(C)(=O)=O)nn(C)c34)c2C1(F)F. The molecule has 2 aromatic carbocycles. The summed E-state index contributed by atoms with van der Waals surface area (Å²) in [5.74, 6) is -2.87. The standard InChI is InChI=1S/C38H34ClF7N8O4S/c1-19-12-26-33(38(44,45)46)50-54(34(26)37(19,42)43)17-29(55)49-28(15-20-13-21(40)16-22(41)14-20)31-24(5-4-23(48-31)8-9-36(56)10-11-47-18-36)25-6-7-27(39)30-32(25)53(2)51-35(30)52-59(3,57)58/h4-7,13-14,16,19,28,47,56H,10-12,15,17-18H2,1-3H3,(H,49,55)(H,51,52)/t19-,28+,36?/m1/s1. The Morgan fingerprint density at radius 2 is 1.81 bits per heavy atom. The van der Waals surface area contributed by atoms with Gasteiger partial charge in [-0.25, -0.2) is 22.2 Å². The first-order valence-electron chi connectivity index (χ1n) is 17.9. The van der Waals surface area contributed by atoms with E-state index in [0.29, 0.717) is 29.3 Å². The number of halogens is 8. The molecule has 1 fully saturated rings. The van der Waals surface area contributed by atoms with Gasteiger partial charge in [0.05, 0.1) is 33.9 Å². The molecule has 21 heteroatoms. The van der Waals surface area contributed by atoms with E-state index in [9.17, 15) is 40.3 Å². The van der Waals surface area contributed by atoms with E-state index in [1.165, 1.54) is 29.9 Å². The molecule has 2 aliphatic rings. The molecule has 0 saturated carbocycles. The molecular formula is C38H34ClF7N8O4S. The summed E-state index contributed by atoms with van der Waals surface area (Å²) in [4.78, 5) is 18.7. The number of alkyl halides is 5. The Morgan fingerprint density at radius 3 is 2.46 bits per heavy atom. The van der Waals surface area contributed by atoms with Crippen LogP contribution in [0.25, 0.3) is 22.0 Å². The largest absolute Gasteiger partial charge is 0.435 e. The summed E-state index contributed by atoms with van der Waals surface area (Å²) >= 11 is 6.58. The Hall–Kier alpha value is -5.23. The Morgan fingerprint density at radius 1 is 1.12 bits per heavy atom. The summed E-state index contributed by atoms with van der Waals surface area (Å²) in [6.07, 6.45) is -4.94. The zero-order chi connectivity index (χ0) is 42.8. The van der Waals surface area contributed by atoms with Crippen molar-refractivity contribution in [3.8, 4) is 23.0 Å². The van der Waals surface area contributed by atoms with Gasteiger partial charge in [0, 0.05) is 48.7 Å². The number of amides is 1. The van der Waals surface area contributed by atoms with Crippen LogP contribution in [0.2, 0.25) is 5.02 Å². The van der Waals surface area contributed by atoms with Crippen molar-refractivity contribution >= 4 is 44.3 Å². The van der Waals surface area contributed by atoms with Gasteiger partial charge in [0.1, 0.15) is 35.2 Å². The lowest BCUT2D eigenvalue weighted by Crippen LogP contribution is -2.35. The van der Waals surface area contributed by atoms with E-state index in [0.717, 1.165) is 25.3 Å². The predicted octanol–water partition coefficient (Wildman–Crippen LogP) is 5.61. The van der Waals surface area contributed by atoms with Crippen LogP contribution in [0.15, 0.2) is 42.5 Å². The number of fused-ring (bicyclic) bond motifs is 2. The van der Waals surface area contributed by atoms with Crippen LogP contribution in [-0.4, -0.2) is 68.9 Å². The maximum atomic E-state index is 15.4. The van der Waals surface area contributed by atoms with Crippen LogP contribution in [0.1, 0.15) is 53.3 Å². The lowest BCUT2D eigenvalue weighted by atomic mass is 9.93. The Labute approximate surface area is 337 Å². The zero-order valence-corrected chi connectivity index (χ0v) is 32.9. The fraction of sp³-hybridized carbons (Fsp3) is 0.368. The van der Waals surface area contributed by atoms with E-state index in [2.05, 4.69) is 37.4 Å². The van der Waals surface area contributed by atoms with Crippen LogP contribution in [0.4, 0.5) is 36.6 Å². The third-order valence-electron chi connectivity index (χ3n) is 10.1. The third kappa shape index (κ3) is 8.46. The average Bonchev–Trinajstić information content (AvgIpc) is 3.86. The average molecular weight is 867 g/mol. The Balaban J connectivity index is 1.40. The maximum Gasteiger partial charge on any atom is 0.435 e. The normalized spacial score (nSPS) is 19.4. The molecule has 7 rings (SSSR count). The molecule has 0 bridgehead atoms. The van der Waals surface area contributed by atoms with E-state index in [1.807, 2.05) is 0 Å². The monoisotopic (exact) mass is 866 g/mol. The molecule has 312 valence electrons. The molecule has 1 unspecified atom stereocenters. The Bertz CT molecular complexity index is 2660. The van der Waals surface area contributed by atoms with Gasteiger partial charge in [-0.05, 0) is 61.2 Å². The molecule has 1 aliphatic carbocycles. The number of benzene rings is 2. The van der Waals surface area contributed by atoms with Crippen LogP contribution >= 0.6 is 11.6 Å². The Kier molecular flexibility index (Phi) is 10.7. The molecule has 4 N–H and O–H groups in total. The minimum atomic E-state index is -5.11. The number of pyridine rings is 1. The fourth-order valence-electron chi connectivity index (χ4n) is 7.48. The maximum absolute atomic E-state index is 15.4. The molecule has 59 heavy (non-hydrogen) atoms. The highest BCUT2D eigenvalue weighted by Gasteiger charge is 2.54. The summed E-state index contributed by atoms with van der Waals surface area (Å²) < 4.78 is 130. The van der Waals surface area contributed by atoms with E-state index >= 15 is 8.78 Å². The van der Waals surface area contributed by atoms with Crippen molar-refractivity contribution in [2.75, 3.05) is 24.1 Å². The number of nitrogens with one attached hydrogen (secondary N) is 3. The highest BCUT2D eigenvalue weighted by Crippen LogP contribution is 2.49. The molecule has 3 atom stereocenters. The molecule has 1 saturated heterocycles. The topological polar surface area (TPSA) is 156 Å². The first-order valence-corrected chi connectivity index (χ1v) is 20.2. The summed E-state index contributed by atoms with van der Waals surface area (Å²) in [5.41, 5.74) is -3.93. The highest BCUT2D eigenvalue weighted by molar-refractivity contribution is 7.92. The molecular weight excluding hydrogens is 833 g/mol. The molecule has 1 amide bonds. The van der Waals surface area contributed by atoms with Crippen molar-refractivity contribution in [1.82, 2.24) is 35.2 Å². The van der Waals surface area contributed by atoms with Crippen molar-refractivity contribution in [1.29, 1.82) is 0 Å². The van der Waals surface area contributed by atoms with Crippen molar-refractivity contribution in [2.45, 2.75) is 56.5 Å². The molecule has 4 heterocycles. The number of β-amino-alcohol motifs (C(OH)–C–C–N with tert-alkyl or cyclic N) is 1. The fourth-order valence-corrected chi connectivity index (χ4v) is 8.21. The number of hydrogen-bond acceptors (Lipinski definition) is 8. The molecule has 5 aromatic rings. The first kappa shape index (κ1) is 41.9. The first-order chi connectivity index (χ1) is 27.5. The van der Waals surface area contributed by atoms with Crippen molar-refractivity contribution in [2.24, 2.45) is 13.0 Å². The summed E-state index contributed by atoms with van der Waals surface area (Å²) in [6, 6.07) is 7.19. The second-order valence-electron chi connectivity index (χ2n) is 14.7. The van der Waals surface area contributed by atoms with E-state index in [-0.39, 0.29) is 50.8 Å². The summed E-state index contributed by atoms with van der Waals surface area (Å²) in [7, 11) is -2.36. The number of anilines is 1. The minimum Gasteiger partial charge on any atom is -0.376 e. The summed E-state index contributed by atoms with van der Waals surface area (Å²) in [6.45, 7) is 0.618. The van der Waals surface area contributed by atoms with Gasteiger partial charge < -0.3 is 15.7 Å². The van der Waals surface area contributed by atoms with Gasteiger partial charge in [0.2, 0.25) is 15.9 Å². The zero-order valence-electron chi connectivity index (χ0n) is 31.3. The quantitative estimate of drug-likeness (QED) is 0.110. The summed E-state index contributed by atoms with van der Waals surface area (Å²) in [5, 5.41) is 24.5. The third-order valence-corrected chi connectivity index (χ3v) is 11.0. The molecule has 0 radical (unpaired) electrons. The van der Waals surface area contributed by atoms with E-state index in [4.69, 9.17) is 16.6 Å². The number of aliphatic hydroxyl groups is 1. The minimum absolute atomic E-state index is 0.00972. The number of carbonyl (C=O) groups excluding carboxylic acids is 1. The number of rotatable bonds is 9. The molecule has 1 aliphatic heterocycles. The van der Waals surface area contributed by atoms with Gasteiger partial charge in [0.25, 0.3) is 5.92 Å². The number of sulfonamides is 1. The molecule has 12 nitrogen and oxygen atoms in total. The second-order valence-corrected chi connectivity index (χ2v) is 16.8. The van der Waals surface area contributed by atoms with Gasteiger partial charge in [0.15, 0.2) is 11.5 Å². The number of nitrogens with zero attached hydrogens (tertiary/aromatic N) is 5. The number of hydrogen-bond donors (Lipinski definition) is 4. The van der Waals surface area contributed by atoms with E-state index in [1.54, 1.807) is 6.07 Å². The number of carbonyl (C=O) groups is 1.